The molecule has 132 valence electrons. The van der Waals surface area contributed by atoms with Crippen LogP contribution in [0.5, 0.6) is 0 Å². The van der Waals surface area contributed by atoms with Crippen LogP contribution in [0, 0.1) is 5.82 Å². The molecule has 2 N–H and O–H groups in total. The summed E-state index contributed by atoms with van der Waals surface area (Å²) in [5.41, 5.74) is 0.607. The normalized spacial score (nSPS) is 10.2. The van der Waals surface area contributed by atoms with Crippen molar-refractivity contribution in [2.45, 2.75) is 0 Å². The molecule has 0 saturated carbocycles. The highest BCUT2D eigenvalue weighted by Gasteiger charge is 2.13. The number of rotatable bonds is 6. The minimum atomic E-state index is -0.682. The van der Waals surface area contributed by atoms with Crippen molar-refractivity contribution < 1.29 is 23.5 Å². The van der Waals surface area contributed by atoms with Gasteiger partial charge in [0.2, 0.25) is 0 Å². The molecule has 2 aromatic carbocycles. The number of methoxy groups -OCH3 is 1. The average molecular weight is 367 g/mol. The molecule has 8 heteroatoms. The van der Waals surface area contributed by atoms with Gasteiger partial charge in [-0.15, -0.1) is 0 Å². The SMILES string of the molecule is COCCOC(=O)Nc1cccc(NC(=O)c2cc(Cl)ccc2F)c1. The van der Waals surface area contributed by atoms with Crippen LogP contribution in [0.15, 0.2) is 42.5 Å². The van der Waals surface area contributed by atoms with Gasteiger partial charge in [0.25, 0.3) is 5.91 Å². The molecule has 25 heavy (non-hydrogen) atoms. The Hall–Kier alpha value is -2.64. The van der Waals surface area contributed by atoms with Gasteiger partial charge in [-0.1, -0.05) is 17.7 Å². The van der Waals surface area contributed by atoms with E-state index in [-0.39, 0.29) is 23.8 Å². The number of carbonyl (C=O) groups excluding carboxylic acids is 2. The van der Waals surface area contributed by atoms with Gasteiger partial charge in [0.05, 0.1) is 12.2 Å². The van der Waals surface area contributed by atoms with Crippen LogP contribution in [0.3, 0.4) is 0 Å². The van der Waals surface area contributed by atoms with E-state index in [1.807, 2.05) is 0 Å². The molecule has 0 saturated heterocycles. The average Bonchev–Trinajstić information content (AvgIpc) is 2.57. The topological polar surface area (TPSA) is 76.7 Å². The van der Waals surface area contributed by atoms with E-state index < -0.39 is 17.8 Å². The lowest BCUT2D eigenvalue weighted by molar-refractivity contribution is 0.102. The third-order valence-corrected chi connectivity index (χ3v) is 3.30. The van der Waals surface area contributed by atoms with Crippen LogP contribution in [0.1, 0.15) is 10.4 Å². The van der Waals surface area contributed by atoms with Gasteiger partial charge in [-0.3, -0.25) is 10.1 Å². The van der Waals surface area contributed by atoms with E-state index in [1.165, 1.54) is 25.3 Å². The van der Waals surface area contributed by atoms with Crippen LogP contribution in [0.4, 0.5) is 20.6 Å². The highest BCUT2D eigenvalue weighted by Crippen LogP contribution is 2.19. The summed E-state index contributed by atoms with van der Waals surface area (Å²) in [6, 6.07) is 10.1. The van der Waals surface area contributed by atoms with Crippen molar-refractivity contribution in [1.82, 2.24) is 0 Å². The second-order valence-electron chi connectivity index (χ2n) is 4.91. The molecule has 0 aromatic heterocycles. The van der Waals surface area contributed by atoms with Crippen molar-refractivity contribution in [1.29, 1.82) is 0 Å². The quantitative estimate of drug-likeness (QED) is 0.759. The molecule has 0 aliphatic carbocycles. The Balaban J connectivity index is 2.02. The summed E-state index contributed by atoms with van der Waals surface area (Å²) in [7, 11) is 1.50. The van der Waals surface area contributed by atoms with Gasteiger partial charge >= 0.3 is 6.09 Å². The predicted molar refractivity (Wildman–Crippen MR) is 92.7 cm³/mol. The van der Waals surface area contributed by atoms with Crippen molar-refractivity contribution in [2.75, 3.05) is 31.0 Å². The third-order valence-electron chi connectivity index (χ3n) is 3.06. The zero-order valence-electron chi connectivity index (χ0n) is 13.3. The molecule has 0 unspecified atom stereocenters. The number of anilines is 2. The van der Waals surface area contributed by atoms with E-state index in [2.05, 4.69) is 10.6 Å². The maximum atomic E-state index is 13.7. The highest BCUT2D eigenvalue weighted by atomic mass is 35.5. The molecule has 0 radical (unpaired) electrons. The van der Waals surface area contributed by atoms with Gasteiger partial charge in [0.1, 0.15) is 12.4 Å². The fourth-order valence-electron chi connectivity index (χ4n) is 1.92. The fraction of sp³-hybridized carbons (Fsp3) is 0.176. The van der Waals surface area contributed by atoms with Gasteiger partial charge in [-0.25, -0.2) is 9.18 Å². The number of nitrogens with one attached hydrogen (secondary N) is 2. The summed E-state index contributed by atoms with van der Waals surface area (Å²) in [6.45, 7) is 0.404. The number of ether oxygens (including phenoxy) is 2. The van der Waals surface area contributed by atoms with E-state index in [1.54, 1.807) is 18.2 Å². The molecule has 2 aromatic rings. The van der Waals surface area contributed by atoms with Crippen molar-refractivity contribution in [3.05, 3.63) is 58.9 Å². The van der Waals surface area contributed by atoms with Crippen molar-refractivity contribution in [2.24, 2.45) is 0 Å². The van der Waals surface area contributed by atoms with E-state index in [4.69, 9.17) is 21.1 Å². The number of hydrogen-bond donors (Lipinski definition) is 2. The Kier molecular flexibility index (Phi) is 6.73. The lowest BCUT2D eigenvalue weighted by Crippen LogP contribution is -2.17. The number of benzene rings is 2. The number of halogens is 2. The standard InChI is InChI=1S/C17H16ClFN2O4/c1-24-7-8-25-17(23)21-13-4-2-3-12(10-13)20-16(22)14-9-11(18)5-6-15(14)19/h2-6,9-10H,7-8H2,1H3,(H,20,22)(H,21,23). The maximum absolute atomic E-state index is 13.7. The van der Waals surface area contributed by atoms with Crippen molar-refractivity contribution in [3.63, 3.8) is 0 Å². The summed E-state index contributed by atoms with van der Waals surface area (Å²) in [5.74, 6) is -1.34. The minimum absolute atomic E-state index is 0.118. The van der Waals surface area contributed by atoms with Crippen molar-refractivity contribution in [3.8, 4) is 0 Å². The first-order valence-electron chi connectivity index (χ1n) is 7.29. The lowest BCUT2D eigenvalue weighted by atomic mass is 10.2. The van der Waals surface area contributed by atoms with E-state index in [9.17, 15) is 14.0 Å². The van der Waals surface area contributed by atoms with Crippen LogP contribution in [-0.4, -0.2) is 32.3 Å². The van der Waals surface area contributed by atoms with Crippen LogP contribution >= 0.6 is 11.6 Å². The molecule has 0 bridgehead atoms. The third kappa shape index (κ3) is 5.74. The Bertz CT molecular complexity index is 770. The molecule has 2 rings (SSSR count). The van der Waals surface area contributed by atoms with Gasteiger partial charge in [-0.05, 0) is 36.4 Å². The molecule has 0 aliphatic rings. The zero-order chi connectivity index (χ0) is 18.2. The van der Waals surface area contributed by atoms with Crippen LogP contribution in [0.25, 0.3) is 0 Å². The molecule has 0 heterocycles. The highest BCUT2D eigenvalue weighted by molar-refractivity contribution is 6.31. The Morgan fingerprint density at radius 3 is 2.52 bits per heavy atom. The minimum Gasteiger partial charge on any atom is -0.447 e. The Morgan fingerprint density at radius 1 is 1.08 bits per heavy atom. The summed E-state index contributed by atoms with van der Waals surface area (Å²) < 4.78 is 23.4. The van der Waals surface area contributed by atoms with Crippen LogP contribution in [-0.2, 0) is 9.47 Å². The van der Waals surface area contributed by atoms with Gasteiger partial charge < -0.3 is 14.8 Å². The maximum Gasteiger partial charge on any atom is 0.411 e. The van der Waals surface area contributed by atoms with Gasteiger partial charge in [0, 0.05) is 23.5 Å². The molecule has 0 aliphatic heterocycles. The molecule has 6 nitrogen and oxygen atoms in total. The molecular formula is C17H16ClFN2O4. The molecular weight excluding hydrogens is 351 g/mol. The fourth-order valence-corrected chi connectivity index (χ4v) is 2.09. The van der Waals surface area contributed by atoms with E-state index in [0.29, 0.717) is 11.4 Å². The predicted octanol–water partition coefficient (Wildman–Crippen LogP) is 3.93. The van der Waals surface area contributed by atoms with Crippen LogP contribution < -0.4 is 10.6 Å². The molecule has 0 fully saturated rings. The summed E-state index contributed by atoms with van der Waals surface area (Å²) >= 11 is 5.78. The largest absolute Gasteiger partial charge is 0.447 e. The summed E-state index contributed by atoms with van der Waals surface area (Å²) in [6.07, 6.45) is -0.651. The zero-order valence-corrected chi connectivity index (χ0v) is 14.1. The first-order valence-corrected chi connectivity index (χ1v) is 7.66. The van der Waals surface area contributed by atoms with E-state index >= 15 is 0 Å². The summed E-state index contributed by atoms with van der Waals surface area (Å²) in [4.78, 5) is 23.7. The number of amides is 2. The van der Waals surface area contributed by atoms with E-state index in [0.717, 1.165) is 6.07 Å². The monoisotopic (exact) mass is 366 g/mol. The number of hydrogen-bond acceptors (Lipinski definition) is 4. The Labute approximate surface area is 148 Å². The second-order valence-corrected chi connectivity index (χ2v) is 5.35. The summed E-state index contributed by atoms with van der Waals surface area (Å²) in [5, 5.41) is 5.30. The second kappa shape index (κ2) is 9.00. The first-order chi connectivity index (χ1) is 12.0. The lowest BCUT2D eigenvalue weighted by Gasteiger charge is -2.10. The number of carbonyl (C=O) groups is 2. The smallest absolute Gasteiger partial charge is 0.411 e. The first kappa shape index (κ1) is 18.7. The van der Waals surface area contributed by atoms with Crippen LogP contribution in [0.2, 0.25) is 5.02 Å². The molecule has 2 amide bonds. The van der Waals surface area contributed by atoms with Crippen molar-refractivity contribution >= 4 is 35.0 Å². The van der Waals surface area contributed by atoms with Gasteiger partial charge in [0.15, 0.2) is 0 Å². The Morgan fingerprint density at radius 2 is 1.80 bits per heavy atom. The molecule has 0 spiro atoms. The van der Waals surface area contributed by atoms with Gasteiger partial charge in [-0.2, -0.15) is 0 Å². The molecule has 0 atom stereocenters.